The number of fused-ring (bicyclic) bond motifs is 2. The molecular formula is C23H22ClF4N3O2. The summed E-state index contributed by atoms with van der Waals surface area (Å²) in [6.45, 7) is 4.81. The molecule has 0 amide bonds. The zero-order chi connectivity index (χ0) is 24.3. The predicted molar refractivity (Wildman–Crippen MR) is 117 cm³/mol. The second-order valence-corrected chi connectivity index (χ2v) is 9.32. The van der Waals surface area contributed by atoms with Gasteiger partial charge in [-0.15, -0.1) is 0 Å². The van der Waals surface area contributed by atoms with Crippen molar-refractivity contribution < 1.29 is 27.4 Å². The molecule has 1 heterocycles. The van der Waals surface area contributed by atoms with Gasteiger partial charge in [0.25, 0.3) is 0 Å². The summed E-state index contributed by atoms with van der Waals surface area (Å²) in [5.74, 6) is -0.146. The van der Waals surface area contributed by atoms with Crippen LogP contribution in [0, 0.1) is 12.7 Å². The second-order valence-electron chi connectivity index (χ2n) is 8.91. The highest BCUT2D eigenvalue weighted by Crippen LogP contribution is 2.55. The Bertz CT molecular complexity index is 1250. The van der Waals surface area contributed by atoms with Gasteiger partial charge in [0.1, 0.15) is 22.9 Å². The fourth-order valence-electron chi connectivity index (χ4n) is 4.60. The second kappa shape index (κ2) is 7.70. The molecule has 2 aromatic carbocycles. The standard InChI is InChI=1S/C23H22ClF4N3O2/c1-11-29-9-13-17(6-5-16(25)19(13)30-11)31-20-12-7-18(33-4)15(24)8-14(12)21(2,3)10-22(20,32)23(26,27)28/h5-9,20,31-32H,10H2,1-4H3. The smallest absolute Gasteiger partial charge is 0.419 e. The molecule has 1 aromatic heterocycles. The molecule has 4 rings (SSSR count). The Balaban J connectivity index is 1.97. The number of aryl methyl sites for hydroxylation is 1. The molecule has 2 unspecified atom stereocenters. The van der Waals surface area contributed by atoms with Gasteiger partial charge in [0.15, 0.2) is 5.60 Å². The van der Waals surface area contributed by atoms with Crippen molar-refractivity contribution in [3.05, 3.63) is 58.3 Å². The van der Waals surface area contributed by atoms with E-state index < -0.39 is 35.5 Å². The average molecular weight is 484 g/mol. The van der Waals surface area contributed by atoms with Crippen molar-refractivity contribution in [3.8, 4) is 5.75 Å². The third kappa shape index (κ3) is 3.77. The first-order valence-corrected chi connectivity index (χ1v) is 10.5. The summed E-state index contributed by atoms with van der Waals surface area (Å²) in [4.78, 5) is 8.13. The minimum atomic E-state index is -4.98. The van der Waals surface area contributed by atoms with Crippen LogP contribution < -0.4 is 10.1 Å². The predicted octanol–water partition coefficient (Wildman–Crippen LogP) is 5.87. The van der Waals surface area contributed by atoms with E-state index >= 15 is 0 Å². The van der Waals surface area contributed by atoms with Crippen LogP contribution in [0.4, 0.5) is 23.2 Å². The number of aromatic nitrogens is 2. The van der Waals surface area contributed by atoms with E-state index in [0.717, 1.165) is 6.07 Å². The largest absolute Gasteiger partial charge is 0.495 e. The van der Waals surface area contributed by atoms with E-state index in [0.29, 0.717) is 11.4 Å². The lowest BCUT2D eigenvalue weighted by molar-refractivity contribution is -0.275. The first kappa shape index (κ1) is 23.5. The molecule has 2 atom stereocenters. The summed E-state index contributed by atoms with van der Waals surface area (Å²) in [5, 5.41) is 14.4. The summed E-state index contributed by atoms with van der Waals surface area (Å²) in [5.41, 5.74) is -3.37. The van der Waals surface area contributed by atoms with E-state index in [1.54, 1.807) is 26.8 Å². The fraction of sp³-hybridized carbons (Fsp3) is 0.391. The van der Waals surface area contributed by atoms with Crippen molar-refractivity contribution in [2.45, 2.75) is 50.4 Å². The minimum Gasteiger partial charge on any atom is -0.495 e. The Morgan fingerprint density at radius 3 is 2.58 bits per heavy atom. The van der Waals surface area contributed by atoms with E-state index in [1.807, 2.05) is 0 Å². The Hall–Kier alpha value is -2.65. The van der Waals surface area contributed by atoms with Crippen molar-refractivity contribution >= 4 is 28.2 Å². The van der Waals surface area contributed by atoms with E-state index in [2.05, 4.69) is 15.3 Å². The number of ether oxygens (including phenoxy) is 1. The van der Waals surface area contributed by atoms with Gasteiger partial charge in [-0.3, -0.25) is 0 Å². The third-order valence-corrected chi connectivity index (χ3v) is 6.46. The third-order valence-electron chi connectivity index (χ3n) is 6.17. The van der Waals surface area contributed by atoms with Crippen LogP contribution in [0.3, 0.4) is 0 Å². The lowest BCUT2D eigenvalue weighted by Crippen LogP contribution is -2.58. The van der Waals surface area contributed by atoms with Crippen LogP contribution in [0.1, 0.15) is 43.3 Å². The van der Waals surface area contributed by atoms with Crippen molar-refractivity contribution in [3.63, 3.8) is 0 Å². The van der Waals surface area contributed by atoms with Crippen LogP contribution in [0.2, 0.25) is 5.02 Å². The van der Waals surface area contributed by atoms with E-state index in [4.69, 9.17) is 16.3 Å². The van der Waals surface area contributed by atoms with Gasteiger partial charge in [-0.05, 0) is 54.2 Å². The lowest BCUT2D eigenvalue weighted by atomic mass is 9.63. The van der Waals surface area contributed by atoms with Crippen molar-refractivity contribution in [2.24, 2.45) is 0 Å². The quantitative estimate of drug-likeness (QED) is 0.456. The molecular weight excluding hydrogens is 462 g/mol. The van der Waals surface area contributed by atoms with Gasteiger partial charge in [-0.2, -0.15) is 13.2 Å². The van der Waals surface area contributed by atoms with E-state index in [9.17, 15) is 22.7 Å². The van der Waals surface area contributed by atoms with Gasteiger partial charge >= 0.3 is 6.18 Å². The normalized spacial score (nSPS) is 22.2. The van der Waals surface area contributed by atoms with Crippen LogP contribution >= 0.6 is 11.6 Å². The van der Waals surface area contributed by atoms with Gasteiger partial charge in [-0.1, -0.05) is 25.4 Å². The topological polar surface area (TPSA) is 67.3 Å². The molecule has 0 spiro atoms. The number of alkyl halides is 3. The number of benzene rings is 2. The molecule has 0 radical (unpaired) electrons. The summed E-state index contributed by atoms with van der Waals surface area (Å²) in [7, 11) is 1.35. The number of hydrogen-bond acceptors (Lipinski definition) is 5. The molecule has 0 fully saturated rings. The number of anilines is 1. The Morgan fingerprint density at radius 2 is 1.94 bits per heavy atom. The molecule has 2 N–H and O–H groups in total. The highest BCUT2D eigenvalue weighted by molar-refractivity contribution is 6.32. The SMILES string of the molecule is COc1cc2c(cc1Cl)C(C)(C)CC(O)(C(F)(F)F)C2Nc1ccc(F)c2nc(C)ncc12. The first-order valence-electron chi connectivity index (χ1n) is 10.1. The van der Waals surface area contributed by atoms with Gasteiger partial charge in [0, 0.05) is 17.3 Å². The number of nitrogens with one attached hydrogen (secondary N) is 1. The van der Waals surface area contributed by atoms with Gasteiger partial charge in [0.2, 0.25) is 0 Å². The van der Waals surface area contributed by atoms with Crippen LogP contribution in [0.25, 0.3) is 10.9 Å². The highest BCUT2D eigenvalue weighted by Gasteiger charge is 2.64. The first-order chi connectivity index (χ1) is 15.3. The maximum absolute atomic E-state index is 14.4. The van der Waals surface area contributed by atoms with Crippen molar-refractivity contribution in [1.82, 2.24) is 9.97 Å². The molecule has 176 valence electrons. The monoisotopic (exact) mass is 483 g/mol. The minimum absolute atomic E-state index is 0.0342. The van der Waals surface area contributed by atoms with Crippen LogP contribution in [0.15, 0.2) is 30.5 Å². The van der Waals surface area contributed by atoms with Crippen LogP contribution in [0.5, 0.6) is 5.75 Å². The number of nitrogens with zero attached hydrogens (tertiary/aromatic N) is 2. The molecule has 0 bridgehead atoms. The van der Waals surface area contributed by atoms with Crippen molar-refractivity contribution in [2.75, 3.05) is 12.4 Å². The van der Waals surface area contributed by atoms with Crippen LogP contribution in [-0.2, 0) is 5.41 Å². The molecule has 5 nitrogen and oxygen atoms in total. The van der Waals surface area contributed by atoms with Gasteiger partial charge < -0.3 is 15.2 Å². The number of hydrogen-bond donors (Lipinski definition) is 2. The zero-order valence-corrected chi connectivity index (χ0v) is 19.1. The molecule has 10 heteroatoms. The lowest BCUT2D eigenvalue weighted by Gasteiger charge is -2.49. The molecule has 33 heavy (non-hydrogen) atoms. The maximum Gasteiger partial charge on any atom is 0.419 e. The summed E-state index contributed by atoms with van der Waals surface area (Å²) < 4.78 is 62.7. The Morgan fingerprint density at radius 1 is 1.24 bits per heavy atom. The summed E-state index contributed by atoms with van der Waals surface area (Å²) >= 11 is 6.28. The van der Waals surface area contributed by atoms with E-state index in [1.165, 1.54) is 25.4 Å². The molecule has 1 aliphatic carbocycles. The van der Waals surface area contributed by atoms with E-state index in [-0.39, 0.29) is 32.9 Å². The number of halogens is 5. The van der Waals surface area contributed by atoms with Gasteiger partial charge in [-0.25, -0.2) is 14.4 Å². The Kier molecular flexibility index (Phi) is 5.48. The molecule has 0 saturated heterocycles. The van der Waals surface area contributed by atoms with Crippen molar-refractivity contribution in [1.29, 1.82) is 0 Å². The van der Waals surface area contributed by atoms with Crippen LogP contribution in [-0.4, -0.2) is 34.0 Å². The van der Waals surface area contributed by atoms with Gasteiger partial charge in [0.05, 0.1) is 18.2 Å². The number of aliphatic hydroxyl groups is 1. The highest BCUT2D eigenvalue weighted by atomic mass is 35.5. The Labute approximate surface area is 192 Å². The number of rotatable bonds is 3. The fourth-order valence-corrected chi connectivity index (χ4v) is 4.84. The maximum atomic E-state index is 14.4. The molecule has 0 saturated carbocycles. The molecule has 1 aliphatic rings. The average Bonchev–Trinajstić information content (AvgIpc) is 2.71. The zero-order valence-electron chi connectivity index (χ0n) is 18.3. The molecule has 0 aliphatic heterocycles. The summed E-state index contributed by atoms with van der Waals surface area (Å²) in [6.07, 6.45) is -4.26. The molecule has 3 aromatic rings. The summed E-state index contributed by atoms with van der Waals surface area (Å²) in [6, 6.07) is 3.75. The number of methoxy groups -OCH3 is 1.